The highest BCUT2D eigenvalue weighted by Crippen LogP contribution is 2.27. The number of hydrogen-bond donors (Lipinski definition) is 3. The Morgan fingerprint density at radius 3 is 2.27 bits per heavy atom. The molecule has 0 bridgehead atoms. The Kier molecular flexibility index (Phi) is 9.11. The number of aliphatic hydroxyl groups excluding tert-OH is 1. The minimum atomic E-state index is -0.885. The lowest BCUT2D eigenvalue weighted by Gasteiger charge is -2.25. The van der Waals surface area contributed by atoms with Crippen LogP contribution in [0.4, 0.5) is 4.79 Å². The first-order valence-electron chi connectivity index (χ1n) is 6.82. The summed E-state index contributed by atoms with van der Waals surface area (Å²) in [5, 5.41) is 8.63. The number of amides is 1. The van der Waals surface area contributed by atoms with Crippen molar-refractivity contribution in [2.75, 3.05) is 26.4 Å². The molecule has 9 nitrogen and oxygen atoms in total. The second-order valence-corrected chi connectivity index (χ2v) is 5.30. The number of nitrogens with one attached hydrogen (secondary N) is 1. The van der Waals surface area contributed by atoms with E-state index < -0.39 is 29.4 Å². The van der Waals surface area contributed by atoms with Crippen LogP contribution in [-0.4, -0.2) is 49.6 Å². The molecule has 1 unspecified atom stereocenters. The van der Waals surface area contributed by atoms with Gasteiger partial charge in [0.05, 0.1) is 17.9 Å². The van der Waals surface area contributed by atoms with E-state index in [9.17, 15) is 14.4 Å². The summed E-state index contributed by atoms with van der Waals surface area (Å²) >= 11 is 0. The van der Waals surface area contributed by atoms with E-state index in [4.69, 9.17) is 20.4 Å². The van der Waals surface area contributed by atoms with Gasteiger partial charge in [0.25, 0.3) is 0 Å². The number of rotatable bonds is 9. The van der Waals surface area contributed by atoms with Gasteiger partial charge in [-0.1, -0.05) is 6.92 Å². The molecule has 0 heterocycles. The van der Waals surface area contributed by atoms with E-state index in [1.165, 1.54) is 0 Å². The Balaban J connectivity index is 4.17. The van der Waals surface area contributed by atoms with Crippen molar-refractivity contribution in [1.29, 1.82) is 0 Å². The summed E-state index contributed by atoms with van der Waals surface area (Å²) in [7, 11) is 0. The van der Waals surface area contributed by atoms with Crippen molar-refractivity contribution in [3.8, 4) is 0 Å². The van der Waals surface area contributed by atoms with Crippen LogP contribution in [0.25, 0.3) is 0 Å². The molecule has 0 aliphatic rings. The van der Waals surface area contributed by atoms with Crippen molar-refractivity contribution in [2.45, 2.75) is 27.2 Å². The Labute approximate surface area is 129 Å². The van der Waals surface area contributed by atoms with Crippen LogP contribution in [0.5, 0.6) is 0 Å². The quantitative estimate of drug-likeness (QED) is 0.132. The van der Waals surface area contributed by atoms with Gasteiger partial charge in [-0.05, 0) is 20.3 Å². The largest absolute Gasteiger partial charge is 0.463 e. The lowest BCUT2D eigenvalue weighted by Crippen LogP contribution is -2.33. The van der Waals surface area contributed by atoms with E-state index in [0.29, 0.717) is 0 Å². The van der Waals surface area contributed by atoms with E-state index in [-0.39, 0.29) is 32.8 Å². The molecule has 0 spiro atoms. The van der Waals surface area contributed by atoms with E-state index in [1.54, 1.807) is 26.2 Å². The van der Waals surface area contributed by atoms with Crippen LogP contribution in [0.3, 0.4) is 0 Å². The highest BCUT2D eigenvalue weighted by atomic mass is 16.6. The minimum Gasteiger partial charge on any atom is -0.463 e. The van der Waals surface area contributed by atoms with Crippen molar-refractivity contribution >= 4 is 18.0 Å². The van der Waals surface area contributed by atoms with Gasteiger partial charge in [0, 0.05) is 0 Å². The lowest BCUT2D eigenvalue weighted by molar-refractivity contribution is -0.158. The molecule has 0 aliphatic carbocycles. The Hall–Kier alpha value is -1.87. The molecule has 4 N–H and O–H groups in total. The Morgan fingerprint density at radius 1 is 1.14 bits per heavy atom. The first-order valence-corrected chi connectivity index (χ1v) is 6.82. The average molecular weight is 320 g/mol. The van der Waals surface area contributed by atoms with Crippen molar-refractivity contribution in [3.63, 3.8) is 0 Å². The van der Waals surface area contributed by atoms with E-state index >= 15 is 0 Å². The summed E-state index contributed by atoms with van der Waals surface area (Å²) < 4.78 is 14.3. The zero-order valence-electron chi connectivity index (χ0n) is 13.1. The van der Waals surface area contributed by atoms with Gasteiger partial charge in [-0.15, -0.1) is 0 Å². The fraction of sp³-hybridized carbons (Fsp3) is 0.769. The van der Waals surface area contributed by atoms with Crippen molar-refractivity contribution in [2.24, 2.45) is 17.2 Å². The second-order valence-electron chi connectivity index (χ2n) is 5.30. The number of esters is 2. The van der Waals surface area contributed by atoms with E-state index in [1.807, 2.05) is 0 Å². The van der Waals surface area contributed by atoms with Crippen LogP contribution >= 0.6 is 0 Å². The van der Waals surface area contributed by atoms with E-state index in [2.05, 4.69) is 4.74 Å². The molecule has 0 fully saturated rings. The van der Waals surface area contributed by atoms with Crippen LogP contribution in [0.2, 0.25) is 0 Å². The summed E-state index contributed by atoms with van der Waals surface area (Å²) in [5.41, 5.74) is 0.880. The average Bonchev–Trinajstić information content (AvgIpc) is 2.47. The fourth-order valence-corrected chi connectivity index (χ4v) is 1.73. The molecule has 0 radical (unpaired) electrons. The molecule has 0 aromatic rings. The second kappa shape index (κ2) is 9.96. The lowest BCUT2D eigenvalue weighted by atomic mass is 9.83. The smallest absolute Gasteiger partial charge is 0.421 e. The van der Waals surface area contributed by atoms with Crippen molar-refractivity contribution in [1.82, 2.24) is 5.43 Å². The van der Waals surface area contributed by atoms with Crippen molar-refractivity contribution in [3.05, 3.63) is 0 Å². The molecule has 1 atom stereocenters. The minimum absolute atomic E-state index is 0.0817. The third kappa shape index (κ3) is 7.79. The molecule has 0 aliphatic heterocycles. The molecule has 0 aromatic carbocycles. The highest BCUT2D eigenvalue weighted by Gasteiger charge is 2.33. The number of carbonyl (C=O) groups is 3. The number of aliphatic hydroxyl groups is 1. The van der Waals surface area contributed by atoms with Crippen LogP contribution in [0.1, 0.15) is 27.2 Å². The van der Waals surface area contributed by atoms with Gasteiger partial charge in [0.1, 0.15) is 19.8 Å². The number of hydrogen-bond acceptors (Lipinski definition) is 8. The van der Waals surface area contributed by atoms with Gasteiger partial charge in [-0.2, -0.15) is 0 Å². The predicted molar refractivity (Wildman–Crippen MR) is 75.2 cm³/mol. The number of carbonyl (C=O) groups excluding carboxylic acids is 3. The van der Waals surface area contributed by atoms with Crippen LogP contribution in [0.15, 0.2) is 0 Å². The van der Waals surface area contributed by atoms with Gasteiger partial charge in [0.2, 0.25) is 0 Å². The fourth-order valence-electron chi connectivity index (χ4n) is 1.73. The zero-order valence-corrected chi connectivity index (χ0v) is 13.1. The standard InChI is InChI=1S/C13H24N2O7/c1-9(8-13(2,3)11(18)21-5-4-16)10(17)20-6-7-22-12(19)15-14/h9,16H,4-8,14H2,1-3H3,(H,15,19). The monoisotopic (exact) mass is 320 g/mol. The van der Waals surface area contributed by atoms with Gasteiger partial charge in [0.15, 0.2) is 0 Å². The molecule has 9 heteroatoms. The van der Waals surface area contributed by atoms with E-state index in [0.717, 1.165) is 0 Å². The first-order chi connectivity index (χ1) is 10.2. The third-order valence-corrected chi connectivity index (χ3v) is 2.77. The summed E-state index contributed by atoms with van der Waals surface area (Å²) in [6, 6.07) is 0. The Bertz CT molecular complexity index is 385. The van der Waals surface area contributed by atoms with Crippen molar-refractivity contribution < 1.29 is 33.7 Å². The molecule has 128 valence electrons. The molecule has 0 saturated heterocycles. The number of nitrogens with two attached hydrogens (primary N) is 1. The van der Waals surface area contributed by atoms with Crippen LogP contribution in [-0.2, 0) is 23.8 Å². The van der Waals surface area contributed by atoms with Crippen LogP contribution in [0, 0.1) is 11.3 Å². The highest BCUT2D eigenvalue weighted by molar-refractivity contribution is 5.78. The maximum atomic E-state index is 11.8. The summed E-state index contributed by atoms with van der Waals surface area (Å²) in [6.45, 7) is 4.35. The molecule has 1 amide bonds. The maximum absolute atomic E-state index is 11.8. The predicted octanol–water partition coefficient (Wildman–Crippen LogP) is -0.283. The molecule has 0 aromatic heterocycles. The Morgan fingerprint density at radius 2 is 1.73 bits per heavy atom. The van der Waals surface area contributed by atoms with Gasteiger partial charge in [-0.3, -0.25) is 15.0 Å². The normalized spacial score (nSPS) is 12.2. The summed E-state index contributed by atoms with van der Waals surface area (Å²) in [6.07, 6.45) is -0.600. The molecule has 22 heavy (non-hydrogen) atoms. The number of ether oxygens (including phenoxy) is 3. The molecule has 0 rings (SSSR count). The van der Waals surface area contributed by atoms with Crippen LogP contribution < -0.4 is 11.3 Å². The maximum Gasteiger partial charge on any atom is 0.421 e. The summed E-state index contributed by atoms with van der Waals surface area (Å²) in [5.74, 6) is 3.25. The topological polar surface area (TPSA) is 137 Å². The molecular formula is C13H24N2O7. The van der Waals surface area contributed by atoms with Gasteiger partial charge in [-0.25, -0.2) is 10.6 Å². The third-order valence-electron chi connectivity index (χ3n) is 2.77. The van der Waals surface area contributed by atoms with Gasteiger partial charge < -0.3 is 19.3 Å². The first kappa shape index (κ1) is 20.1. The molecule has 0 saturated carbocycles. The number of hydrazine groups is 1. The molecular weight excluding hydrogens is 296 g/mol. The zero-order chi connectivity index (χ0) is 17.2. The van der Waals surface area contributed by atoms with Gasteiger partial charge >= 0.3 is 18.0 Å². The SMILES string of the molecule is CC(CC(C)(C)C(=O)OCCO)C(=O)OCCOC(=O)NN. The summed E-state index contributed by atoms with van der Waals surface area (Å²) in [4.78, 5) is 34.2.